The molecule has 3 heteroatoms. The molecule has 1 aliphatic heterocycles. The van der Waals surface area contributed by atoms with E-state index >= 15 is 0 Å². The maximum Gasteiger partial charge on any atom is 0.188 e. The van der Waals surface area contributed by atoms with Crippen LogP contribution in [0.2, 0.25) is 0 Å². The Morgan fingerprint density at radius 1 is 1.12 bits per heavy atom. The van der Waals surface area contributed by atoms with Gasteiger partial charge in [0.2, 0.25) is 0 Å². The average Bonchev–Trinajstić information content (AvgIpc) is 2.77. The summed E-state index contributed by atoms with van der Waals surface area (Å²) in [4.78, 5) is 0. The molecule has 0 saturated carbocycles. The van der Waals surface area contributed by atoms with E-state index in [9.17, 15) is 0 Å². The molecule has 0 bridgehead atoms. The van der Waals surface area contributed by atoms with Crippen molar-refractivity contribution in [2.75, 3.05) is 7.05 Å². The van der Waals surface area contributed by atoms with E-state index in [1.54, 1.807) is 0 Å². The van der Waals surface area contributed by atoms with Crippen molar-refractivity contribution in [1.82, 2.24) is 0 Å². The summed E-state index contributed by atoms with van der Waals surface area (Å²) < 4.78 is 4.68. The van der Waals surface area contributed by atoms with Crippen LogP contribution < -0.4 is 0 Å². The third-order valence-corrected chi connectivity index (χ3v) is 8.94. The molecule has 1 aromatic rings. The van der Waals surface area contributed by atoms with Crippen molar-refractivity contribution < 1.29 is 9.15 Å². The van der Waals surface area contributed by atoms with Gasteiger partial charge >= 0.3 is 0 Å². The molecule has 2 aliphatic rings. The molecule has 1 heterocycles. The van der Waals surface area contributed by atoms with E-state index in [0.717, 1.165) is 12.8 Å². The first-order valence-corrected chi connectivity index (χ1v) is 12.9. The number of aryl methyl sites for hydroxylation is 2. The summed E-state index contributed by atoms with van der Waals surface area (Å²) in [6.45, 7) is 18.0. The van der Waals surface area contributed by atoms with Crippen LogP contribution in [0, 0.1) is 19.9 Å². The van der Waals surface area contributed by atoms with Crippen molar-refractivity contribution in [3.63, 3.8) is 0 Å². The van der Waals surface area contributed by atoms with Crippen molar-refractivity contribution in [2.45, 2.75) is 84.1 Å². The lowest BCUT2D eigenvalue weighted by Crippen LogP contribution is -2.33. The average molecular weight is 450 g/mol. The molecule has 2 nitrogen and oxygen atoms in total. The molecule has 0 aromatic heterocycles. The van der Waals surface area contributed by atoms with Gasteiger partial charge in [-0.15, -0.1) is 11.8 Å². The second-order valence-corrected chi connectivity index (χ2v) is 11.0. The first kappa shape index (κ1) is 24.6. The Morgan fingerprint density at radius 3 is 2.50 bits per heavy atom. The molecule has 172 valence electrons. The van der Waals surface area contributed by atoms with Crippen LogP contribution in [0.4, 0.5) is 5.69 Å². The van der Waals surface area contributed by atoms with E-state index < -0.39 is 0 Å². The molecular formula is C29H41N2S+. The van der Waals surface area contributed by atoms with E-state index in [-0.39, 0.29) is 0 Å². The number of nitrogens with zero attached hydrogens (tertiary/aromatic N) is 2. The Bertz CT molecular complexity index is 972. The SMILES string of the molecule is C=[N+](c1c(C)cccc1C)[C-](C)C1CCCC(C(C)=[N+](C)/C2=C(C)/C=C\C/C=C(/C)C2)S1. The largest absolute Gasteiger partial charge is 0.333 e. The number of rotatable bonds is 5. The Balaban J connectivity index is 1.82. The van der Waals surface area contributed by atoms with Crippen molar-refractivity contribution in [2.24, 2.45) is 0 Å². The smallest absolute Gasteiger partial charge is 0.188 e. The van der Waals surface area contributed by atoms with E-state index in [1.807, 2.05) is 0 Å². The summed E-state index contributed by atoms with van der Waals surface area (Å²) in [6, 6.07) is 7.88. The van der Waals surface area contributed by atoms with Gasteiger partial charge in [-0.1, -0.05) is 48.4 Å². The van der Waals surface area contributed by atoms with Gasteiger partial charge < -0.3 is 4.58 Å². The summed E-state index contributed by atoms with van der Waals surface area (Å²) >= 11 is 2.13. The monoisotopic (exact) mass is 449 g/mol. The van der Waals surface area contributed by atoms with Crippen LogP contribution in [-0.2, 0) is 0 Å². The molecule has 1 fully saturated rings. The van der Waals surface area contributed by atoms with Crippen molar-refractivity contribution >= 4 is 29.9 Å². The van der Waals surface area contributed by atoms with E-state index in [2.05, 4.69) is 113 Å². The molecule has 0 amide bonds. The fourth-order valence-corrected chi connectivity index (χ4v) is 6.60. The highest BCUT2D eigenvalue weighted by Gasteiger charge is 2.34. The molecule has 3 rings (SSSR count). The van der Waals surface area contributed by atoms with Gasteiger partial charge in [0.25, 0.3) is 0 Å². The highest BCUT2D eigenvalue weighted by atomic mass is 32.2. The number of thioether (sulfide) groups is 1. The fourth-order valence-electron chi connectivity index (χ4n) is 4.92. The van der Waals surface area contributed by atoms with E-state index in [4.69, 9.17) is 0 Å². The van der Waals surface area contributed by atoms with Gasteiger partial charge in [0.05, 0.1) is 17.7 Å². The predicted octanol–water partition coefficient (Wildman–Crippen LogP) is 7.53. The second-order valence-electron chi connectivity index (χ2n) is 9.55. The number of para-hydroxylation sites is 1. The zero-order valence-corrected chi connectivity index (χ0v) is 22.0. The van der Waals surface area contributed by atoms with Gasteiger partial charge in [-0.3, -0.25) is 0 Å². The minimum Gasteiger partial charge on any atom is -0.333 e. The standard InChI is InChI=1S/C29H41N2S/c1-20-13-9-10-14-21(2)26(19-20)30(7)24(5)27-17-12-18-28(32-27)25(6)31(8)29-22(3)15-11-16-23(29)4/h10-11,13-16,27-28H,8-9,12,17-19H2,1-7H3/q+1/b14-10-,20-13-,26-21+,30-24?. The summed E-state index contributed by atoms with van der Waals surface area (Å²) in [5.74, 6) is 0. The molecule has 0 spiro atoms. The van der Waals surface area contributed by atoms with Crippen LogP contribution in [0.15, 0.2) is 53.3 Å². The summed E-state index contributed by atoms with van der Waals surface area (Å²) in [6.07, 6.45) is 12.8. The maximum atomic E-state index is 4.47. The Kier molecular flexibility index (Phi) is 8.27. The summed E-state index contributed by atoms with van der Waals surface area (Å²) in [7, 11) is 2.27. The number of benzene rings is 1. The topological polar surface area (TPSA) is 6.02 Å². The minimum atomic E-state index is 0.502. The molecule has 0 radical (unpaired) electrons. The minimum absolute atomic E-state index is 0.502. The molecule has 2 unspecified atom stereocenters. The quantitative estimate of drug-likeness (QED) is 0.195. The third-order valence-electron chi connectivity index (χ3n) is 7.13. The number of allylic oxidation sites excluding steroid dienone is 5. The predicted molar refractivity (Wildman–Crippen MR) is 143 cm³/mol. The van der Waals surface area contributed by atoms with Crippen LogP contribution in [0.3, 0.4) is 0 Å². The van der Waals surface area contributed by atoms with Gasteiger partial charge in [-0.05, 0) is 65.0 Å². The molecule has 2 atom stereocenters. The Morgan fingerprint density at radius 2 is 1.81 bits per heavy atom. The van der Waals surface area contributed by atoms with E-state index in [0.29, 0.717) is 10.5 Å². The highest BCUT2D eigenvalue weighted by Crippen LogP contribution is 2.40. The van der Waals surface area contributed by atoms with Crippen LogP contribution >= 0.6 is 11.8 Å². The van der Waals surface area contributed by atoms with E-state index in [1.165, 1.54) is 64.7 Å². The fraction of sp³-hybridized carbons (Fsp3) is 0.483. The normalized spacial score (nSPS) is 27.5. The number of hydrogen-bond acceptors (Lipinski definition) is 1. The lowest BCUT2D eigenvalue weighted by atomic mass is 10.0. The van der Waals surface area contributed by atoms with Gasteiger partial charge in [-0.25, -0.2) is 4.58 Å². The molecule has 1 aliphatic carbocycles. The first-order chi connectivity index (χ1) is 15.2. The summed E-state index contributed by atoms with van der Waals surface area (Å²) in [5, 5.41) is 1.04. The molecule has 0 N–H and O–H groups in total. The van der Waals surface area contributed by atoms with Crippen LogP contribution in [0.5, 0.6) is 0 Å². The zero-order chi connectivity index (χ0) is 23.4. The molecule has 1 saturated heterocycles. The highest BCUT2D eigenvalue weighted by molar-refractivity contribution is 8.01. The second kappa shape index (κ2) is 10.7. The molecule has 1 aromatic carbocycles. The number of hydrogen-bond donors (Lipinski definition) is 0. The molecular weight excluding hydrogens is 408 g/mol. The van der Waals surface area contributed by atoms with Gasteiger partial charge in [-0.2, -0.15) is 0 Å². The van der Waals surface area contributed by atoms with Crippen molar-refractivity contribution in [3.05, 3.63) is 70.4 Å². The first-order valence-electron chi connectivity index (χ1n) is 12.0. The lowest BCUT2D eigenvalue weighted by Gasteiger charge is -2.34. The maximum absolute atomic E-state index is 4.47. The third kappa shape index (κ3) is 5.49. The van der Waals surface area contributed by atoms with Gasteiger partial charge in [0.1, 0.15) is 12.7 Å². The molecule has 32 heavy (non-hydrogen) atoms. The van der Waals surface area contributed by atoms with Gasteiger partial charge in [0.15, 0.2) is 11.4 Å². The van der Waals surface area contributed by atoms with Gasteiger partial charge in [0, 0.05) is 24.5 Å². The van der Waals surface area contributed by atoms with Crippen LogP contribution in [0.1, 0.15) is 70.9 Å². The van der Waals surface area contributed by atoms with Crippen LogP contribution in [-0.4, -0.2) is 39.1 Å². The van der Waals surface area contributed by atoms with Crippen molar-refractivity contribution in [1.29, 1.82) is 0 Å². The Hall–Kier alpha value is -2.00. The summed E-state index contributed by atoms with van der Waals surface area (Å²) in [5.41, 5.74) is 9.61. The van der Waals surface area contributed by atoms with Crippen LogP contribution in [0.25, 0.3) is 0 Å². The lowest BCUT2D eigenvalue weighted by molar-refractivity contribution is -0.448. The Labute approximate surface area is 200 Å². The van der Waals surface area contributed by atoms with Crippen molar-refractivity contribution in [3.8, 4) is 0 Å². The zero-order valence-electron chi connectivity index (χ0n) is 21.2.